The van der Waals surface area contributed by atoms with E-state index in [1.54, 1.807) is 0 Å². The topological polar surface area (TPSA) is 69.7 Å². The fourth-order valence-corrected chi connectivity index (χ4v) is 13.4. The van der Waals surface area contributed by atoms with Crippen molar-refractivity contribution in [1.82, 2.24) is 0 Å². The Hall–Kier alpha value is -1.36. The maximum absolute atomic E-state index is 13.3. The number of fused-ring (bicyclic) bond motifs is 7. The van der Waals surface area contributed by atoms with Crippen molar-refractivity contribution in [2.24, 2.45) is 62.1 Å². The molecule has 0 aliphatic heterocycles. The number of hydrogen-bond donors (Lipinski definition) is 0. The normalized spacial score (nSPS) is 43.6. The summed E-state index contributed by atoms with van der Waals surface area (Å²) in [4.78, 5) is 37.6. The smallest absolute Gasteiger partial charge is 0.306 e. The Bertz CT molecular complexity index is 1220. The zero-order valence-electron chi connectivity index (χ0n) is 29.8. The molecular weight excluding hydrogens is 584 g/mol. The van der Waals surface area contributed by atoms with Crippen LogP contribution < -0.4 is 0 Å². The van der Waals surface area contributed by atoms with Crippen LogP contribution in [-0.2, 0) is 23.9 Å². The van der Waals surface area contributed by atoms with Crippen molar-refractivity contribution in [2.45, 2.75) is 145 Å². The largest absolute Gasteiger partial charge is 0.469 e. The molecule has 0 radical (unpaired) electrons. The van der Waals surface area contributed by atoms with E-state index in [0.29, 0.717) is 36.0 Å². The number of methoxy groups -OCH3 is 1. The van der Waals surface area contributed by atoms with E-state index >= 15 is 0 Å². The van der Waals surface area contributed by atoms with E-state index in [4.69, 9.17) is 21.1 Å². The maximum atomic E-state index is 13.3. The molecule has 0 aromatic heterocycles. The lowest BCUT2D eigenvalue weighted by molar-refractivity contribution is -0.250. The van der Waals surface area contributed by atoms with E-state index in [9.17, 15) is 14.4 Å². The molecule has 0 spiro atoms. The monoisotopic (exact) mass is 644 g/mol. The van der Waals surface area contributed by atoms with Crippen molar-refractivity contribution in [1.29, 1.82) is 0 Å². The minimum Gasteiger partial charge on any atom is -0.469 e. The van der Waals surface area contributed by atoms with Crippen molar-refractivity contribution in [3.05, 3.63) is 12.2 Å². The number of hydrogen-bond acceptors (Lipinski definition) is 5. The molecule has 0 saturated heterocycles. The number of esters is 2. The van der Waals surface area contributed by atoms with E-state index in [-0.39, 0.29) is 63.2 Å². The first-order valence-corrected chi connectivity index (χ1v) is 18.2. The fourth-order valence-electron chi connectivity index (χ4n) is 13.2. The van der Waals surface area contributed by atoms with E-state index in [2.05, 4.69) is 48.1 Å². The fraction of sp³-hybridized carbons (Fsp3) is 0.872. The van der Waals surface area contributed by atoms with Crippen LogP contribution in [-0.4, -0.2) is 30.4 Å². The summed E-state index contributed by atoms with van der Waals surface area (Å²) in [6, 6.07) is 0. The molecule has 0 amide bonds. The molecule has 5 aliphatic carbocycles. The first-order chi connectivity index (χ1) is 20.8. The molecule has 5 nitrogen and oxygen atoms in total. The van der Waals surface area contributed by atoms with Crippen molar-refractivity contribution < 1.29 is 23.9 Å². The van der Waals surface area contributed by atoms with Gasteiger partial charge in [0.1, 0.15) is 6.10 Å². The third-order valence-corrected chi connectivity index (χ3v) is 15.6. The second-order valence-corrected chi connectivity index (χ2v) is 18.9. The predicted octanol–water partition coefficient (Wildman–Crippen LogP) is 9.69. The Kier molecular flexibility index (Phi) is 9.06. The third-order valence-electron chi connectivity index (χ3n) is 15.4. The van der Waals surface area contributed by atoms with Crippen LogP contribution in [0.5, 0.6) is 0 Å². The average Bonchev–Trinajstić information content (AvgIpc) is 3.29. The molecule has 10 atom stereocenters. The maximum Gasteiger partial charge on any atom is 0.306 e. The van der Waals surface area contributed by atoms with Gasteiger partial charge in [-0.1, -0.05) is 60.6 Å². The van der Waals surface area contributed by atoms with E-state index in [1.807, 2.05) is 13.8 Å². The Labute approximate surface area is 278 Å². The minimum atomic E-state index is -0.505. The predicted molar refractivity (Wildman–Crippen MR) is 179 cm³/mol. The van der Waals surface area contributed by atoms with Gasteiger partial charge in [-0.2, -0.15) is 0 Å². The summed E-state index contributed by atoms with van der Waals surface area (Å²) >= 11 is 6.16. The van der Waals surface area contributed by atoms with Crippen LogP contribution in [0.2, 0.25) is 0 Å². The van der Waals surface area contributed by atoms with Gasteiger partial charge in [-0.05, 0) is 139 Å². The van der Waals surface area contributed by atoms with Gasteiger partial charge in [0.2, 0.25) is 5.24 Å². The summed E-state index contributed by atoms with van der Waals surface area (Å²) in [5.41, 5.74) is 1.30. The highest BCUT2D eigenvalue weighted by atomic mass is 35.5. The van der Waals surface area contributed by atoms with Crippen LogP contribution in [0.1, 0.15) is 139 Å². The summed E-state index contributed by atoms with van der Waals surface area (Å²) in [6.07, 6.45) is 12.1. The Morgan fingerprint density at radius 3 is 2.11 bits per heavy atom. The Morgan fingerprint density at radius 1 is 0.822 bits per heavy atom. The molecular formula is C39H61ClO5. The van der Waals surface area contributed by atoms with Crippen LogP contribution in [0, 0.1) is 62.1 Å². The van der Waals surface area contributed by atoms with Crippen molar-refractivity contribution in [3.63, 3.8) is 0 Å². The molecule has 0 aromatic carbocycles. The van der Waals surface area contributed by atoms with Crippen molar-refractivity contribution in [2.75, 3.05) is 7.11 Å². The highest BCUT2D eigenvalue weighted by Gasteiger charge is 2.71. The summed E-state index contributed by atoms with van der Waals surface area (Å²) in [5, 5.41) is -0.161. The number of halogens is 1. The highest BCUT2D eigenvalue weighted by molar-refractivity contribution is 6.63. The number of carbonyl (C=O) groups excluding carboxylic acids is 3. The quantitative estimate of drug-likeness (QED) is 0.149. The zero-order valence-corrected chi connectivity index (χ0v) is 30.5. The van der Waals surface area contributed by atoms with Crippen LogP contribution in [0.15, 0.2) is 12.2 Å². The average molecular weight is 645 g/mol. The first kappa shape index (κ1) is 35.0. The molecule has 5 saturated carbocycles. The van der Waals surface area contributed by atoms with Gasteiger partial charge in [-0.3, -0.25) is 14.4 Å². The molecule has 5 aliphatic rings. The van der Waals surface area contributed by atoms with E-state index in [1.165, 1.54) is 38.4 Å². The molecule has 254 valence electrons. The van der Waals surface area contributed by atoms with Crippen LogP contribution in [0.3, 0.4) is 0 Å². The van der Waals surface area contributed by atoms with Gasteiger partial charge in [0.25, 0.3) is 0 Å². The Morgan fingerprint density at radius 2 is 1.49 bits per heavy atom. The van der Waals surface area contributed by atoms with Crippen LogP contribution in [0.4, 0.5) is 0 Å². The number of ether oxygens (including phenoxy) is 2. The second-order valence-electron chi connectivity index (χ2n) is 18.5. The SMILES string of the molecule is C=C(C)[C@@H]1CC[C@]2(CC(=O)Cl)CC[C@]3(C)C(CCC4[C@@]5(C)CC[C@H](OC(=O)CC(C)(C)CC(=O)OC)C(C)(C)C5CC[C@]43C)C12. The van der Waals surface area contributed by atoms with Crippen molar-refractivity contribution in [3.8, 4) is 0 Å². The lowest BCUT2D eigenvalue weighted by atomic mass is 9.32. The van der Waals surface area contributed by atoms with Crippen molar-refractivity contribution >= 4 is 28.8 Å². The molecule has 0 bridgehead atoms. The zero-order chi connectivity index (χ0) is 33.4. The molecule has 5 fully saturated rings. The summed E-state index contributed by atoms with van der Waals surface area (Å²) < 4.78 is 11.2. The van der Waals surface area contributed by atoms with E-state index < -0.39 is 5.41 Å². The second kappa shape index (κ2) is 11.7. The molecule has 45 heavy (non-hydrogen) atoms. The highest BCUT2D eigenvalue weighted by Crippen LogP contribution is 2.78. The van der Waals surface area contributed by atoms with Gasteiger partial charge in [0, 0.05) is 11.8 Å². The summed E-state index contributed by atoms with van der Waals surface area (Å²) in [6.45, 7) is 23.1. The van der Waals surface area contributed by atoms with E-state index in [0.717, 1.165) is 38.5 Å². The van der Waals surface area contributed by atoms with Gasteiger partial charge >= 0.3 is 11.9 Å². The Balaban J connectivity index is 1.38. The molecule has 6 heteroatoms. The van der Waals surface area contributed by atoms with Gasteiger partial charge in [0.15, 0.2) is 0 Å². The first-order valence-electron chi connectivity index (χ1n) is 17.9. The molecule has 5 rings (SSSR count). The lowest BCUT2D eigenvalue weighted by Crippen LogP contribution is -2.66. The van der Waals surface area contributed by atoms with Gasteiger partial charge in [-0.15, -0.1) is 0 Å². The number of rotatable bonds is 8. The van der Waals surface area contributed by atoms with Gasteiger partial charge in [-0.25, -0.2) is 0 Å². The standard InChI is InChI=1S/C39H61ClO5/c1-24(2)25-13-18-39(21-30(40)41)20-19-37(8)26(33(25)39)11-12-28-36(7)16-15-29(35(5,6)27(36)14-17-38(28,37)9)45-32(43)23-34(3,4)22-31(42)44-10/h25-29,33H,1,11-23H2,2-10H3/t25-,26?,27?,28?,29-,33?,36-,37+,38+,39+/m0/s1. The number of allylic oxidation sites excluding steroid dienone is 1. The third kappa shape index (κ3) is 5.55. The molecule has 0 aromatic rings. The molecule has 0 heterocycles. The van der Waals surface area contributed by atoms with Crippen LogP contribution >= 0.6 is 11.6 Å². The lowest BCUT2D eigenvalue weighted by Gasteiger charge is -2.73. The van der Waals surface area contributed by atoms with Gasteiger partial charge in [0.05, 0.1) is 20.0 Å². The van der Waals surface area contributed by atoms with Gasteiger partial charge < -0.3 is 9.47 Å². The molecule has 0 N–H and O–H groups in total. The summed E-state index contributed by atoms with van der Waals surface area (Å²) in [5.74, 6) is 2.16. The molecule has 4 unspecified atom stereocenters. The number of carbonyl (C=O) groups is 3. The minimum absolute atomic E-state index is 0.0340. The van der Waals surface area contributed by atoms with Crippen LogP contribution in [0.25, 0.3) is 0 Å². The summed E-state index contributed by atoms with van der Waals surface area (Å²) in [7, 11) is 1.39.